The van der Waals surface area contributed by atoms with Crippen LogP contribution in [0.5, 0.6) is 0 Å². The fourth-order valence-electron chi connectivity index (χ4n) is 2.00. The van der Waals surface area contributed by atoms with Crippen molar-refractivity contribution in [2.24, 2.45) is 10.4 Å². The van der Waals surface area contributed by atoms with Crippen LogP contribution in [0.1, 0.15) is 26.7 Å². The molecule has 1 heterocycles. The highest BCUT2D eigenvalue weighted by molar-refractivity contribution is 14.0. The molecule has 1 atom stereocenters. The molecule has 0 radical (unpaired) electrons. The van der Waals surface area contributed by atoms with E-state index < -0.39 is 0 Å². The lowest BCUT2D eigenvalue weighted by molar-refractivity contribution is 0.322. The third kappa shape index (κ3) is 5.04. The minimum atomic E-state index is 0. The van der Waals surface area contributed by atoms with Crippen molar-refractivity contribution in [3.8, 4) is 0 Å². The quantitative estimate of drug-likeness (QED) is 0.469. The van der Waals surface area contributed by atoms with Crippen molar-refractivity contribution in [2.45, 2.75) is 26.7 Å². The van der Waals surface area contributed by atoms with Crippen LogP contribution in [0.4, 0.5) is 0 Å². The van der Waals surface area contributed by atoms with E-state index in [2.05, 4.69) is 35.6 Å². The summed E-state index contributed by atoms with van der Waals surface area (Å²) in [6.07, 6.45) is 2.44. The normalized spacial score (nSPS) is 24.5. The molecule has 1 unspecified atom stereocenters. The Morgan fingerprint density at radius 1 is 1.59 bits per heavy atom. The second-order valence-electron chi connectivity index (χ2n) is 4.75. The largest absolute Gasteiger partial charge is 0.351 e. The van der Waals surface area contributed by atoms with Crippen molar-refractivity contribution in [3.05, 3.63) is 11.6 Å². The third-order valence-corrected chi connectivity index (χ3v) is 3.49. The lowest BCUT2D eigenvalue weighted by Gasteiger charge is -2.25. The van der Waals surface area contributed by atoms with Crippen molar-refractivity contribution in [1.82, 2.24) is 10.2 Å². The minimum absolute atomic E-state index is 0. The molecule has 1 rings (SSSR count). The van der Waals surface area contributed by atoms with Gasteiger partial charge in [-0.1, -0.05) is 32.0 Å². The Bertz CT molecular complexity index is 293. The van der Waals surface area contributed by atoms with Crippen LogP contribution in [-0.2, 0) is 0 Å². The molecular weight excluding hydrogens is 349 g/mol. The Morgan fingerprint density at radius 3 is 2.65 bits per heavy atom. The zero-order valence-electron chi connectivity index (χ0n) is 10.9. The van der Waals surface area contributed by atoms with Crippen molar-refractivity contribution >= 4 is 41.5 Å². The summed E-state index contributed by atoms with van der Waals surface area (Å²) in [5.41, 5.74) is 0.426. The number of halogens is 2. The molecule has 1 N–H and O–H groups in total. The smallest absolute Gasteiger partial charge is 0.193 e. The predicted molar refractivity (Wildman–Crippen MR) is 86.4 cm³/mol. The molecular formula is C12H23ClIN3. The Hall–Kier alpha value is 0.0300. The molecule has 0 spiro atoms. The summed E-state index contributed by atoms with van der Waals surface area (Å²) in [4.78, 5) is 6.57. The number of rotatable bonds is 3. The maximum Gasteiger partial charge on any atom is 0.193 e. The number of hydrogen-bond acceptors (Lipinski definition) is 1. The maximum atomic E-state index is 5.74. The highest BCUT2D eigenvalue weighted by atomic mass is 127. The minimum Gasteiger partial charge on any atom is -0.351 e. The summed E-state index contributed by atoms with van der Waals surface area (Å²) in [6.45, 7) is 11.0. The van der Waals surface area contributed by atoms with Gasteiger partial charge in [-0.3, -0.25) is 4.99 Å². The predicted octanol–water partition coefficient (Wildman–Crippen LogP) is 3.05. The van der Waals surface area contributed by atoms with E-state index >= 15 is 0 Å². The van der Waals surface area contributed by atoms with E-state index in [4.69, 9.17) is 11.6 Å². The molecule has 1 aliphatic heterocycles. The van der Waals surface area contributed by atoms with E-state index in [1.165, 1.54) is 12.8 Å². The summed E-state index contributed by atoms with van der Waals surface area (Å²) < 4.78 is 0. The molecule has 0 aromatic rings. The zero-order valence-corrected chi connectivity index (χ0v) is 14.0. The van der Waals surface area contributed by atoms with Crippen LogP contribution in [0.3, 0.4) is 0 Å². The van der Waals surface area contributed by atoms with Crippen molar-refractivity contribution in [3.63, 3.8) is 0 Å². The second-order valence-corrected chi connectivity index (χ2v) is 5.29. The molecule has 0 bridgehead atoms. The van der Waals surface area contributed by atoms with E-state index in [0.29, 0.717) is 17.0 Å². The highest BCUT2D eigenvalue weighted by Gasteiger charge is 2.33. The van der Waals surface area contributed by atoms with Crippen LogP contribution in [-0.4, -0.2) is 37.5 Å². The topological polar surface area (TPSA) is 27.6 Å². The first-order chi connectivity index (χ1) is 7.50. The van der Waals surface area contributed by atoms with Crippen LogP contribution in [0.25, 0.3) is 0 Å². The van der Waals surface area contributed by atoms with Gasteiger partial charge in [-0.25, -0.2) is 0 Å². The van der Waals surface area contributed by atoms with Gasteiger partial charge in [0.25, 0.3) is 0 Å². The van der Waals surface area contributed by atoms with Crippen molar-refractivity contribution < 1.29 is 0 Å². The van der Waals surface area contributed by atoms with Gasteiger partial charge < -0.3 is 10.2 Å². The van der Waals surface area contributed by atoms with Gasteiger partial charge in [0.05, 0.1) is 6.54 Å². The molecule has 1 fully saturated rings. The van der Waals surface area contributed by atoms with E-state index in [-0.39, 0.29) is 24.0 Å². The van der Waals surface area contributed by atoms with E-state index in [1.807, 2.05) is 0 Å². The number of likely N-dealkylation sites (tertiary alicyclic amines) is 1. The summed E-state index contributed by atoms with van der Waals surface area (Å²) in [7, 11) is 1.81. The Morgan fingerprint density at radius 2 is 2.24 bits per heavy atom. The molecule has 100 valence electrons. The first-order valence-electron chi connectivity index (χ1n) is 5.79. The Kier molecular flexibility index (Phi) is 7.47. The molecule has 3 nitrogen and oxygen atoms in total. The summed E-state index contributed by atoms with van der Waals surface area (Å²) in [5.74, 6) is 0.930. The first-order valence-corrected chi connectivity index (χ1v) is 6.17. The summed E-state index contributed by atoms with van der Waals surface area (Å²) in [5, 5.41) is 3.83. The molecule has 0 aliphatic carbocycles. The van der Waals surface area contributed by atoms with Gasteiger partial charge in [0.1, 0.15) is 0 Å². The monoisotopic (exact) mass is 371 g/mol. The summed E-state index contributed by atoms with van der Waals surface area (Å²) >= 11 is 5.74. The molecule has 0 amide bonds. The van der Waals surface area contributed by atoms with Crippen LogP contribution in [0, 0.1) is 5.41 Å². The van der Waals surface area contributed by atoms with Gasteiger partial charge >= 0.3 is 0 Å². The number of guanidine groups is 1. The van der Waals surface area contributed by atoms with Crippen molar-refractivity contribution in [2.75, 3.05) is 26.7 Å². The molecule has 1 saturated heterocycles. The first kappa shape index (κ1) is 17.0. The standard InChI is InChI=1S/C12H22ClN3.HI/c1-5-12(3)6-7-16(9-12)11(14-4)15-8-10(2)13;/h2,5-9H2,1,3-4H3,(H,14,15);1H. The average Bonchev–Trinajstić information content (AvgIpc) is 2.63. The lowest BCUT2D eigenvalue weighted by Crippen LogP contribution is -2.41. The molecule has 0 saturated carbocycles. The summed E-state index contributed by atoms with van der Waals surface area (Å²) in [6, 6.07) is 0. The van der Waals surface area contributed by atoms with Gasteiger partial charge in [0.2, 0.25) is 0 Å². The molecule has 0 aromatic carbocycles. The van der Waals surface area contributed by atoms with Gasteiger partial charge in [-0.15, -0.1) is 24.0 Å². The van der Waals surface area contributed by atoms with Gasteiger partial charge in [-0.2, -0.15) is 0 Å². The number of nitrogens with one attached hydrogen (secondary N) is 1. The Labute approximate surface area is 127 Å². The Balaban J connectivity index is 0.00000256. The number of hydrogen-bond donors (Lipinski definition) is 1. The van der Waals surface area contributed by atoms with E-state index in [9.17, 15) is 0 Å². The number of nitrogens with zero attached hydrogens (tertiary/aromatic N) is 2. The fourth-order valence-corrected chi connectivity index (χ4v) is 2.07. The van der Waals surface area contributed by atoms with Crippen LogP contribution in [0.15, 0.2) is 16.6 Å². The highest BCUT2D eigenvalue weighted by Crippen LogP contribution is 2.32. The third-order valence-electron chi connectivity index (χ3n) is 3.36. The SMILES string of the molecule is C=C(Cl)CNC(=NC)N1CCC(C)(CC)C1.I. The van der Waals surface area contributed by atoms with E-state index in [0.717, 1.165) is 19.0 Å². The van der Waals surface area contributed by atoms with Gasteiger partial charge in [-0.05, 0) is 18.3 Å². The molecule has 17 heavy (non-hydrogen) atoms. The van der Waals surface area contributed by atoms with Crippen LogP contribution < -0.4 is 5.32 Å². The fraction of sp³-hybridized carbons (Fsp3) is 0.750. The van der Waals surface area contributed by atoms with Crippen LogP contribution in [0.2, 0.25) is 0 Å². The molecule has 0 aromatic heterocycles. The van der Waals surface area contributed by atoms with Crippen molar-refractivity contribution in [1.29, 1.82) is 0 Å². The zero-order chi connectivity index (χ0) is 12.2. The lowest BCUT2D eigenvalue weighted by atomic mass is 9.87. The van der Waals surface area contributed by atoms with Crippen LogP contribution >= 0.6 is 35.6 Å². The number of aliphatic imine (C=N–C) groups is 1. The van der Waals surface area contributed by atoms with Gasteiger partial charge in [0.15, 0.2) is 5.96 Å². The molecule has 1 aliphatic rings. The molecule has 5 heteroatoms. The maximum absolute atomic E-state index is 5.74. The van der Waals surface area contributed by atoms with E-state index in [1.54, 1.807) is 7.05 Å². The second kappa shape index (κ2) is 7.46. The average molecular weight is 372 g/mol. The van der Waals surface area contributed by atoms with Gasteiger partial charge in [0, 0.05) is 25.2 Å².